The number of nitrogens with one attached hydrogen (secondary N) is 1. The molecule has 2 heterocycles. The monoisotopic (exact) mass is 316 g/mol. The molecule has 0 aromatic carbocycles. The molecule has 1 fully saturated rings. The third-order valence-corrected chi connectivity index (χ3v) is 5.11. The summed E-state index contributed by atoms with van der Waals surface area (Å²) in [4.78, 5) is 15.1. The van der Waals surface area contributed by atoms with Crippen LogP contribution in [0.15, 0.2) is 15.9 Å². The highest BCUT2D eigenvalue weighted by Gasteiger charge is 2.18. The van der Waals surface area contributed by atoms with Crippen molar-refractivity contribution in [2.45, 2.75) is 25.8 Å². The predicted octanol–water partition coefficient (Wildman–Crippen LogP) is 2.78. The van der Waals surface area contributed by atoms with Gasteiger partial charge in [0.25, 0.3) is 0 Å². The Morgan fingerprint density at radius 3 is 2.88 bits per heavy atom. The van der Waals surface area contributed by atoms with Crippen LogP contribution in [0.1, 0.15) is 30.7 Å². The SMILES string of the molecule is CC(NCC(=O)N1CCCC1)c1sccc1Br. The number of thiophene rings is 1. The van der Waals surface area contributed by atoms with E-state index in [4.69, 9.17) is 0 Å². The van der Waals surface area contributed by atoms with Gasteiger partial charge in [0.2, 0.25) is 5.91 Å². The van der Waals surface area contributed by atoms with E-state index in [0.717, 1.165) is 30.4 Å². The van der Waals surface area contributed by atoms with E-state index in [2.05, 4.69) is 33.6 Å². The van der Waals surface area contributed by atoms with Crippen LogP contribution in [0.25, 0.3) is 0 Å². The number of halogens is 1. The van der Waals surface area contributed by atoms with Crippen molar-refractivity contribution in [2.24, 2.45) is 0 Å². The predicted molar refractivity (Wildman–Crippen MR) is 74.3 cm³/mol. The van der Waals surface area contributed by atoms with E-state index in [-0.39, 0.29) is 11.9 Å². The van der Waals surface area contributed by atoms with Gasteiger partial charge in [-0.1, -0.05) is 0 Å². The van der Waals surface area contributed by atoms with Gasteiger partial charge in [-0.15, -0.1) is 11.3 Å². The van der Waals surface area contributed by atoms with Gasteiger partial charge in [0.15, 0.2) is 0 Å². The molecule has 1 unspecified atom stereocenters. The van der Waals surface area contributed by atoms with E-state index in [1.807, 2.05) is 11.0 Å². The van der Waals surface area contributed by atoms with Crippen molar-refractivity contribution in [3.63, 3.8) is 0 Å². The standard InChI is InChI=1S/C12H17BrN2OS/c1-9(12-10(13)4-7-17-12)14-8-11(16)15-5-2-3-6-15/h4,7,9,14H,2-3,5-6,8H2,1H3. The van der Waals surface area contributed by atoms with Gasteiger partial charge < -0.3 is 10.2 Å². The average molecular weight is 317 g/mol. The highest BCUT2D eigenvalue weighted by Crippen LogP contribution is 2.28. The molecule has 1 aromatic rings. The van der Waals surface area contributed by atoms with Gasteiger partial charge in [0.1, 0.15) is 0 Å². The molecule has 0 bridgehead atoms. The van der Waals surface area contributed by atoms with Crippen LogP contribution < -0.4 is 5.32 Å². The molecule has 1 saturated heterocycles. The fourth-order valence-electron chi connectivity index (χ4n) is 2.03. The molecule has 1 amide bonds. The maximum Gasteiger partial charge on any atom is 0.236 e. The fraction of sp³-hybridized carbons (Fsp3) is 0.583. The van der Waals surface area contributed by atoms with E-state index >= 15 is 0 Å². The summed E-state index contributed by atoms with van der Waals surface area (Å²) in [6.45, 7) is 4.38. The molecule has 0 radical (unpaired) electrons. The Kier molecular flexibility index (Phi) is 4.59. The number of amides is 1. The Hall–Kier alpha value is -0.390. The van der Waals surface area contributed by atoms with E-state index in [0.29, 0.717) is 6.54 Å². The third-order valence-electron chi connectivity index (χ3n) is 3.06. The molecule has 0 aliphatic carbocycles. The molecule has 2 rings (SSSR count). The van der Waals surface area contributed by atoms with Crippen LogP contribution >= 0.6 is 27.3 Å². The van der Waals surface area contributed by atoms with Crippen molar-refractivity contribution >= 4 is 33.2 Å². The largest absolute Gasteiger partial charge is 0.342 e. The normalized spacial score (nSPS) is 17.4. The van der Waals surface area contributed by atoms with Gasteiger partial charge in [-0.25, -0.2) is 0 Å². The first-order chi connectivity index (χ1) is 8.18. The van der Waals surface area contributed by atoms with Crippen LogP contribution in [0.2, 0.25) is 0 Å². The van der Waals surface area contributed by atoms with Crippen molar-refractivity contribution in [1.29, 1.82) is 0 Å². The van der Waals surface area contributed by atoms with Crippen LogP contribution in [0.4, 0.5) is 0 Å². The Labute approximate surface area is 114 Å². The lowest BCUT2D eigenvalue weighted by atomic mass is 10.3. The highest BCUT2D eigenvalue weighted by molar-refractivity contribution is 9.10. The molecule has 1 N–H and O–H groups in total. The summed E-state index contributed by atoms with van der Waals surface area (Å²) in [5, 5.41) is 5.35. The van der Waals surface area contributed by atoms with Crippen molar-refractivity contribution in [1.82, 2.24) is 10.2 Å². The van der Waals surface area contributed by atoms with E-state index in [9.17, 15) is 4.79 Å². The number of carbonyl (C=O) groups is 1. The first-order valence-corrected chi connectivity index (χ1v) is 7.60. The van der Waals surface area contributed by atoms with Gasteiger partial charge in [0, 0.05) is 28.5 Å². The quantitative estimate of drug-likeness (QED) is 0.926. The third kappa shape index (κ3) is 3.30. The fourth-order valence-corrected chi connectivity index (χ4v) is 3.78. The molecule has 1 aromatic heterocycles. The lowest BCUT2D eigenvalue weighted by Crippen LogP contribution is -2.37. The molecular formula is C12H17BrN2OS. The van der Waals surface area contributed by atoms with Crippen molar-refractivity contribution in [3.8, 4) is 0 Å². The van der Waals surface area contributed by atoms with Crippen LogP contribution in [0.5, 0.6) is 0 Å². The summed E-state index contributed by atoms with van der Waals surface area (Å²) in [5.41, 5.74) is 0. The number of hydrogen-bond acceptors (Lipinski definition) is 3. The number of likely N-dealkylation sites (tertiary alicyclic amines) is 1. The molecule has 0 saturated carbocycles. The van der Waals surface area contributed by atoms with Crippen LogP contribution in [0, 0.1) is 0 Å². The summed E-state index contributed by atoms with van der Waals surface area (Å²) in [7, 11) is 0. The molecule has 1 aliphatic heterocycles. The maximum absolute atomic E-state index is 11.9. The van der Waals surface area contributed by atoms with Gasteiger partial charge in [-0.3, -0.25) is 4.79 Å². The first kappa shape index (κ1) is 13.1. The topological polar surface area (TPSA) is 32.3 Å². The molecular weight excluding hydrogens is 300 g/mol. The summed E-state index contributed by atoms with van der Waals surface area (Å²) >= 11 is 5.22. The highest BCUT2D eigenvalue weighted by atomic mass is 79.9. The number of carbonyl (C=O) groups excluding carboxylic acids is 1. The second kappa shape index (κ2) is 5.98. The minimum atomic E-state index is 0.218. The van der Waals surface area contributed by atoms with Gasteiger partial charge in [-0.05, 0) is 47.1 Å². The lowest BCUT2D eigenvalue weighted by molar-refractivity contribution is -0.129. The zero-order valence-corrected chi connectivity index (χ0v) is 12.3. The Balaban J connectivity index is 1.81. The molecule has 0 spiro atoms. The number of hydrogen-bond donors (Lipinski definition) is 1. The van der Waals surface area contributed by atoms with E-state index < -0.39 is 0 Å². The zero-order chi connectivity index (χ0) is 12.3. The molecule has 17 heavy (non-hydrogen) atoms. The van der Waals surface area contributed by atoms with Crippen molar-refractivity contribution < 1.29 is 4.79 Å². The Bertz CT molecular complexity index is 388. The molecule has 3 nitrogen and oxygen atoms in total. The Morgan fingerprint density at radius 1 is 1.59 bits per heavy atom. The molecule has 1 atom stereocenters. The molecule has 1 aliphatic rings. The van der Waals surface area contributed by atoms with Crippen LogP contribution in [-0.4, -0.2) is 30.4 Å². The first-order valence-electron chi connectivity index (χ1n) is 5.92. The second-order valence-corrected chi connectivity index (χ2v) is 6.13. The number of rotatable bonds is 4. The van der Waals surface area contributed by atoms with Crippen molar-refractivity contribution in [3.05, 3.63) is 20.8 Å². The molecule has 94 valence electrons. The summed E-state index contributed by atoms with van der Waals surface area (Å²) in [6.07, 6.45) is 2.30. The minimum Gasteiger partial charge on any atom is -0.342 e. The zero-order valence-electron chi connectivity index (χ0n) is 9.91. The minimum absolute atomic E-state index is 0.218. The average Bonchev–Trinajstić information content (AvgIpc) is 2.95. The molecule has 5 heteroatoms. The number of nitrogens with zero attached hydrogens (tertiary/aromatic N) is 1. The Morgan fingerprint density at radius 2 is 2.29 bits per heavy atom. The van der Waals surface area contributed by atoms with E-state index in [1.54, 1.807) is 11.3 Å². The van der Waals surface area contributed by atoms with Gasteiger partial charge in [-0.2, -0.15) is 0 Å². The van der Waals surface area contributed by atoms with Crippen LogP contribution in [-0.2, 0) is 4.79 Å². The van der Waals surface area contributed by atoms with E-state index in [1.165, 1.54) is 4.88 Å². The summed E-state index contributed by atoms with van der Waals surface area (Å²) < 4.78 is 1.12. The summed E-state index contributed by atoms with van der Waals surface area (Å²) in [6, 6.07) is 2.26. The smallest absolute Gasteiger partial charge is 0.236 e. The summed E-state index contributed by atoms with van der Waals surface area (Å²) in [5.74, 6) is 0.224. The maximum atomic E-state index is 11.9. The second-order valence-electron chi connectivity index (χ2n) is 4.32. The van der Waals surface area contributed by atoms with Gasteiger partial charge >= 0.3 is 0 Å². The lowest BCUT2D eigenvalue weighted by Gasteiger charge is -2.18. The van der Waals surface area contributed by atoms with Gasteiger partial charge in [0.05, 0.1) is 6.54 Å². The van der Waals surface area contributed by atoms with Crippen LogP contribution in [0.3, 0.4) is 0 Å². The van der Waals surface area contributed by atoms with Crippen molar-refractivity contribution in [2.75, 3.05) is 19.6 Å².